The molecule has 1 N–H and O–H groups in total. The highest BCUT2D eigenvalue weighted by atomic mass is 32.1. The average molecular weight is 336 g/mol. The van der Waals surface area contributed by atoms with Crippen LogP contribution in [0.5, 0.6) is 0 Å². The number of β-lactam (4-membered cyclic amide) rings is 1. The Morgan fingerprint density at radius 3 is 2.32 bits per heavy atom. The van der Waals surface area contributed by atoms with Gasteiger partial charge in [0, 0.05) is 10.8 Å². The van der Waals surface area contributed by atoms with Crippen molar-refractivity contribution in [3.05, 3.63) is 35.9 Å². The fourth-order valence-electron chi connectivity index (χ4n) is 3.02. The van der Waals surface area contributed by atoms with Gasteiger partial charge in [-0.3, -0.25) is 4.79 Å². The SMILES string of the molecule is C[C@@H](O[Si](C)(C)C)C1C(=O)N[C@@H]1[C@@H](C)C(=S)c1ccccc1. The van der Waals surface area contributed by atoms with Crippen LogP contribution in [0, 0.1) is 11.8 Å². The molecule has 0 aromatic heterocycles. The van der Waals surface area contributed by atoms with Gasteiger partial charge >= 0.3 is 0 Å². The number of amides is 1. The molecule has 0 saturated carbocycles. The van der Waals surface area contributed by atoms with Crippen molar-refractivity contribution in [2.24, 2.45) is 11.8 Å². The van der Waals surface area contributed by atoms with Gasteiger partial charge in [-0.2, -0.15) is 0 Å². The topological polar surface area (TPSA) is 38.3 Å². The predicted molar refractivity (Wildman–Crippen MR) is 96.6 cm³/mol. The van der Waals surface area contributed by atoms with E-state index in [0.717, 1.165) is 10.4 Å². The van der Waals surface area contributed by atoms with E-state index in [0.29, 0.717) is 0 Å². The number of carbonyl (C=O) groups is 1. The van der Waals surface area contributed by atoms with Gasteiger partial charge in [-0.25, -0.2) is 0 Å². The lowest BCUT2D eigenvalue weighted by Gasteiger charge is -2.45. The zero-order chi connectivity index (χ0) is 16.5. The van der Waals surface area contributed by atoms with Crippen LogP contribution in [-0.2, 0) is 9.22 Å². The van der Waals surface area contributed by atoms with Gasteiger partial charge in [0.1, 0.15) is 0 Å². The largest absolute Gasteiger partial charge is 0.414 e. The molecule has 0 spiro atoms. The summed E-state index contributed by atoms with van der Waals surface area (Å²) in [5, 5.41) is 3.02. The maximum atomic E-state index is 12.0. The first-order valence-electron chi connectivity index (χ1n) is 7.78. The third kappa shape index (κ3) is 3.83. The molecular weight excluding hydrogens is 310 g/mol. The minimum Gasteiger partial charge on any atom is -0.414 e. The third-order valence-corrected chi connectivity index (χ3v) is 5.74. The zero-order valence-corrected chi connectivity index (χ0v) is 15.7. The van der Waals surface area contributed by atoms with Crippen molar-refractivity contribution >= 4 is 31.3 Å². The van der Waals surface area contributed by atoms with E-state index in [-0.39, 0.29) is 29.9 Å². The molecule has 5 heteroatoms. The van der Waals surface area contributed by atoms with Crippen LogP contribution in [0.1, 0.15) is 19.4 Å². The molecule has 0 radical (unpaired) electrons. The summed E-state index contributed by atoms with van der Waals surface area (Å²) < 4.78 is 6.11. The second-order valence-corrected chi connectivity index (χ2v) is 11.9. The lowest BCUT2D eigenvalue weighted by molar-refractivity contribution is -0.140. The molecule has 2 rings (SSSR count). The molecule has 22 heavy (non-hydrogen) atoms. The molecule has 1 unspecified atom stereocenters. The van der Waals surface area contributed by atoms with Gasteiger partial charge in [0.2, 0.25) is 5.91 Å². The van der Waals surface area contributed by atoms with Crippen molar-refractivity contribution < 1.29 is 9.22 Å². The molecule has 120 valence electrons. The number of nitrogens with one attached hydrogen (secondary N) is 1. The minimum atomic E-state index is -1.66. The van der Waals surface area contributed by atoms with Crippen molar-refractivity contribution in [3.8, 4) is 0 Å². The third-order valence-electron chi connectivity index (χ3n) is 4.05. The van der Waals surface area contributed by atoms with Crippen LogP contribution in [-0.4, -0.2) is 31.2 Å². The molecule has 1 aromatic rings. The van der Waals surface area contributed by atoms with E-state index in [2.05, 4.69) is 31.9 Å². The van der Waals surface area contributed by atoms with Gasteiger partial charge in [-0.15, -0.1) is 0 Å². The summed E-state index contributed by atoms with van der Waals surface area (Å²) in [6, 6.07) is 10.1. The van der Waals surface area contributed by atoms with Crippen molar-refractivity contribution in [1.82, 2.24) is 5.32 Å². The molecule has 1 saturated heterocycles. The second kappa shape index (κ2) is 6.60. The van der Waals surface area contributed by atoms with E-state index >= 15 is 0 Å². The monoisotopic (exact) mass is 335 g/mol. The standard InChI is InChI=1S/C17H25NO2SSi/c1-11(16(21)13-9-7-6-8-10-13)15-14(17(19)18-15)12(2)20-22(3,4)5/h6-12,14-15H,1-5H3,(H,18,19)/t11-,12-,14?,15-/m1/s1. The molecule has 0 bridgehead atoms. The molecule has 4 atom stereocenters. The van der Waals surface area contributed by atoms with E-state index in [9.17, 15) is 4.79 Å². The molecule has 1 fully saturated rings. The number of carbonyl (C=O) groups excluding carboxylic acids is 1. The van der Waals surface area contributed by atoms with Crippen molar-refractivity contribution in [3.63, 3.8) is 0 Å². The summed E-state index contributed by atoms with van der Waals surface area (Å²) in [6.07, 6.45) is -0.0635. The van der Waals surface area contributed by atoms with Crippen LogP contribution in [0.4, 0.5) is 0 Å². The normalized spacial score (nSPS) is 24.1. The van der Waals surface area contributed by atoms with Crippen molar-refractivity contribution in [2.45, 2.75) is 45.6 Å². The second-order valence-electron chi connectivity index (χ2n) is 7.01. The molecule has 1 aromatic carbocycles. The number of hydrogen-bond acceptors (Lipinski definition) is 3. The molecule has 1 amide bonds. The minimum absolute atomic E-state index is 0.0616. The van der Waals surface area contributed by atoms with Gasteiger partial charge in [0.15, 0.2) is 8.32 Å². The lowest BCUT2D eigenvalue weighted by Crippen LogP contribution is -2.66. The quantitative estimate of drug-likeness (QED) is 0.375. The Morgan fingerprint density at radius 2 is 1.82 bits per heavy atom. The summed E-state index contributed by atoms with van der Waals surface area (Å²) in [7, 11) is -1.66. The highest BCUT2D eigenvalue weighted by Gasteiger charge is 2.47. The smallest absolute Gasteiger partial charge is 0.228 e. The summed E-state index contributed by atoms with van der Waals surface area (Å²) >= 11 is 5.62. The summed E-state index contributed by atoms with van der Waals surface area (Å²) in [5.41, 5.74) is 1.06. The maximum Gasteiger partial charge on any atom is 0.228 e. The Kier molecular flexibility index (Phi) is 5.20. The predicted octanol–water partition coefficient (Wildman–Crippen LogP) is 3.40. The maximum absolute atomic E-state index is 12.0. The van der Waals surface area contributed by atoms with Gasteiger partial charge in [0.05, 0.1) is 18.1 Å². The van der Waals surface area contributed by atoms with Gasteiger partial charge < -0.3 is 9.74 Å². The Labute approximate surface area is 139 Å². The first kappa shape index (κ1) is 17.3. The number of hydrogen-bond donors (Lipinski definition) is 1. The zero-order valence-electron chi connectivity index (χ0n) is 13.9. The van der Waals surface area contributed by atoms with Crippen LogP contribution in [0.3, 0.4) is 0 Å². The number of benzene rings is 1. The summed E-state index contributed by atoms with van der Waals surface area (Å²) in [5.74, 6) is 0.0923. The van der Waals surface area contributed by atoms with Crippen LogP contribution >= 0.6 is 12.2 Å². The number of rotatable bonds is 6. The molecule has 0 aliphatic carbocycles. The fraction of sp³-hybridized carbons (Fsp3) is 0.529. The lowest BCUT2D eigenvalue weighted by atomic mass is 9.77. The average Bonchev–Trinajstić information content (AvgIpc) is 2.41. The van der Waals surface area contributed by atoms with Gasteiger partial charge in [-0.1, -0.05) is 49.5 Å². The molecule has 1 heterocycles. The van der Waals surface area contributed by atoms with Crippen molar-refractivity contribution in [1.29, 1.82) is 0 Å². The Bertz CT molecular complexity index is 556. The van der Waals surface area contributed by atoms with Crippen LogP contribution in [0.25, 0.3) is 0 Å². The first-order chi connectivity index (χ1) is 10.2. The van der Waals surface area contributed by atoms with E-state index < -0.39 is 8.32 Å². The van der Waals surface area contributed by atoms with Gasteiger partial charge in [0.25, 0.3) is 0 Å². The van der Waals surface area contributed by atoms with E-state index in [1.54, 1.807) is 0 Å². The summed E-state index contributed by atoms with van der Waals surface area (Å²) in [6.45, 7) is 10.5. The van der Waals surface area contributed by atoms with Crippen LogP contribution in [0.2, 0.25) is 19.6 Å². The molecule has 1 aliphatic heterocycles. The first-order valence-corrected chi connectivity index (χ1v) is 11.6. The highest BCUT2D eigenvalue weighted by Crippen LogP contribution is 2.30. The molecule has 1 aliphatic rings. The van der Waals surface area contributed by atoms with E-state index in [4.69, 9.17) is 16.6 Å². The fourth-order valence-corrected chi connectivity index (χ4v) is 4.56. The summed E-state index contributed by atoms with van der Waals surface area (Å²) in [4.78, 5) is 12.9. The Morgan fingerprint density at radius 1 is 1.23 bits per heavy atom. The van der Waals surface area contributed by atoms with Crippen LogP contribution < -0.4 is 5.32 Å². The van der Waals surface area contributed by atoms with E-state index in [1.165, 1.54) is 0 Å². The van der Waals surface area contributed by atoms with Crippen molar-refractivity contribution in [2.75, 3.05) is 0 Å². The number of thiocarbonyl (C=S) groups is 1. The highest BCUT2D eigenvalue weighted by molar-refractivity contribution is 7.80. The Hall–Kier alpha value is -1.04. The Balaban J connectivity index is 2.08. The van der Waals surface area contributed by atoms with Crippen LogP contribution in [0.15, 0.2) is 30.3 Å². The molecular formula is C17H25NO2SSi. The van der Waals surface area contributed by atoms with Gasteiger partial charge in [-0.05, 0) is 32.1 Å². The molecule has 3 nitrogen and oxygen atoms in total. The van der Waals surface area contributed by atoms with E-state index in [1.807, 2.05) is 37.3 Å².